The van der Waals surface area contributed by atoms with Crippen molar-refractivity contribution in [1.29, 1.82) is 0 Å². The van der Waals surface area contributed by atoms with Crippen molar-refractivity contribution in [2.45, 2.75) is 51.0 Å². The maximum Gasteiger partial charge on any atom is 0.0700 e. The van der Waals surface area contributed by atoms with Crippen LogP contribution in [0.3, 0.4) is 0 Å². The second kappa shape index (κ2) is 6.11. The first-order valence-electron chi connectivity index (χ1n) is 8.11. The molecule has 3 nitrogen and oxygen atoms in total. The number of hydrogen-bond acceptors (Lipinski definition) is 3. The van der Waals surface area contributed by atoms with Gasteiger partial charge in [-0.25, -0.2) is 0 Å². The molecule has 3 aliphatic carbocycles. The molecule has 0 radical (unpaired) electrons. The highest BCUT2D eigenvalue weighted by atomic mass is 16.5. The lowest BCUT2D eigenvalue weighted by Crippen LogP contribution is -2.34. The molecule has 19 heavy (non-hydrogen) atoms. The van der Waals surface area contributed by atoms with Crippen LogP contribution in [0.1, 0.15) is 44.9 Å². The minimum Gasteiger partial charge on any atom is -0.382 e. The Kier molecular flexibility index (Phi) is 4.45. The van der Waals surface area contributed by atoms with Crippen molar-refractivity contribution >= 4 is 0 Å². The molecule has 1 N–H and O–H groups in total. The van der Waals surface area contributed by atoms with E-state index in [1.54, 1.807) is 7.11 Å². The fourth-order valence-electron chi connectivity index (χ4n) is 3.88. The van der Waals surface area contributed by atoms with Gasteiger partial charge in [-0.1, -0.05) is 0 Å². The molecule has 0 saturated heterocycles. The van der Waals surface area contributed by atoms with E-state index in [1.807, 2.05) is 0 Å². The number of methoxy groups -OCH3 is 1. The fraction of sp³-hybridized carbons (Fsp3) is 1.00. The van der Waals surface area contributed by atoms with Crippen molar-refractivity contribution in [3.05, 3.63) is 0 Å². The first-order valence-corrected chi connectivity index (χ1v) is 8.11. The lowest BCUT2D eigenvalue weighted by Gasteiger charge is -2.31. The zero-order chi connectivity index (χ0) is 13.1. The summed E-state index contributed by atoms with van der Waals surface area (Å²) in [6, 6.07) is 0.853. The predicted molar refractivity (Wildman–Crippen MR) is 76.2 cm³/mol. The van der Waals surface area contributed by atoms with Gasteiger partial charge in [0.1, 0.15) is 0 Å². The van der Waals surface area contributed by atoms with Crippen LogP contribution in [0.15, 0.2) is 0 Å². The molecule has 3 rings (SSSR count). The van der Waals surface area contributed by atoms with Crippen molar-refractivity contribution in [3.8, 4) is 0 Å². The van der Waals surface area contributed by atoms with Gasteiger partial charge in [0, 0.05) is 26.3 Å². The number of fused-ring (bicyclic) bond motifs is 1. The highest BCUT2D eigenvalue weighted by Gasteiger charge is 2.53. The third kappa shape index (κ3) is 3.93. The monoisotopic (exact) mass is 267 g/mol. The zero-order valence-electron chi connectivity index (χ0n) is 12.3. The summed E-state index contributed by atoms with van der Waals surface area (Å²) in [6.45, 7) is 3.64. The van der Waals surface area contributed by atoms with Gasteiger partial charge in [0.25, 0.3) is 0 Å². The van der Waals surface area contributed by atoms with Gasteiger partial charge in [-0.15, -0.1) is 0 Å². The van der Waals surface area contributed by atoms with Crippen molar-refractivity contribution in [2.75, 3.05) is 33.5 Å². The van der Waals surface area contributed by atoms with E-state index in [9.17, 15) is 0 Å². The molecule has 3 fully saturated rings. The summed E-state index contributed by atoms with van der Waals surface area (Å²) in [5.41, 5.74) is 0.612. The number of ether oxygens (including phenoxy) is 2. The Labute approximate surface area is 117 Å². The SMILES string of the molecule is COCCOCCCC1(CNC2CC2)CC2CC2C1. The van der Waals surface area contributed by atoms with Crippen molar-refractivity contribution in [3.63, 3.8) is 0 Å². The summed E-state index contributed by atoms with van der Waals surface area (Å²) >= 11 is 0. The van der Waals surface area contributed by atoms with Crippen LogP contribution in [0.25, 0.3) is 0 Å². The molecule has 0 amide bonds. The van der Waals surface area contributed by atoms with Crippen molar-refractivity contribution in [1.82, 2.24) is 5.32 Å². The van der Waals surface area contributed by atoms with E-state index in [4.69, 9.17) is 9.47 Å². The summed E-state index contributed by atoms with van der Waals surface area (Å²) in [6.07, 6.45) is 9.87. The Bertz CT molecular complexity index is 280. The molecule has 3 saturated carbocycles. The third-order valence-electron chi connectivity index (χ3n) is 5.23. The van der Waals surface area contributed by atoms with Gasteiger partial charge >= 0.3 is 0 Å². The van der Waals surface area contributed by atoms with E-state index in [-0.39, 0.29) is 0 Å². The van der Waals surface area contributed by atoms with Crippen LogP contribution in [-0.4, -0.2) is 39.5 Å². The normalized spacial score (nSPS) is 36.5. The lowest BCUT2D eigenvalue weighted by atomic mass is 9.78. The average Bonchev–Trinajstić information content (AvgIpc) is 3.32. The van der Waals surface area contributed by atoms with Gasteiger partial charge < -0.3 is 14.8 Å². The Morgan fingerprint density at radius 3 is 2.58 bits per heavy atom. The molecular weight excluding hydrogens is 238 g/mol. The van der Waals surface area contributed by atoms with Crippen LogP contribution in [0.5, 0.6) is 0 Å². The van der Waals surface area contributed by atoms with E-state index in [0.29, 0.717) is 5.41 Å². The van der Waals surface area contributed by atoms with Crippen molar-refractivity contribution < 1.29 is 9.47 Å². The molecule has 0 aromatic carbocycles. The van der Waals surface area contributed by atoms with Crippen LogP contribution in [-0.2, 0) is 9.47 Å². The molecule has 0 aromatic heterocycles. The topological polar surface area (TPSA) is 30.5 Å². The predicted octanol–water partition coefficient (Wildman–Crippen LogP) is 2.60. The molecule has 0 bridgehead atoms. The van der Waals surface area contributed by atoms with E-state index in [0.717, 1.165) is 37.7 Å². The highest BCUT2D eigenvalue weighted by molar-refractivity contribution is 5.04. The maximum atomic E-state index is 5.61. The number of rotatable bonds is 10. The first kappa shape index (κ1) is 13.8. The summed E-state index contributed by atoms with van der Waals surface area (Å²) in [7, 11) is 1.73. The Balaban J connectivity index is 1.36. The Morgan fingerprint density at radius 1 is 1.11 bits per heavy atom. The van der Waals surface area contributed by atoms with Crippen LogP contribution >= 0.6 is 0 Å². The second-order valence-corrected chi connectivity index (χ2v) is 7.03. The molecule has 2 unspecified atom stereocenters. The summed E-state index contributed by atoms with van der Waals surface area (Å²) in [4.78, 5) is 0. The maximum absolute atomic E-state index is 5.61. The minimum absolute atomic E-state index is 0.612. The minimum atomic E-state index is 0.612. The summed E-state index contributed by atoms with van der Waals surface area (Å²) in [5.74, 6) is 2.16. The van der Waals surface area contributed by atoms with Crippen LogP contribution in [0, 0.1) is 17.3 Å². The Morgan fingerprint density at radius 2 is 1.89 bits per heavy atom. The molecule has 0 heterocycles. The fourth-order valence-corrected chi connectivity index (χ4v) is 3.88. The van der Waals surface area contributed by atoms with Gasteiger partial charge in [-0.05, 0) is 62.2 Å². The molecular formula is C16H29NO2. The molecule has 2 atom stereocenters. The summed E-state index contributed by atoms with van der Waals surface area (Å²) < 4.78 is 10.6. The third-order valence-corrected chi connectivity index (χ3v) is 5.23. The van der Waals surface area contributed by atoms with Crippen molar-refractivity contribution in [2.24, 2.45) is 17.3 Å². The van der Waals surface area contributed by atoms with E-state index in [2.05, 4.69) is 5.32 Å². The second-order valence-electron chi connectivity index (χ2n) is 7.03. The highest BCUT2D eigenvalue weighted by Crippen LogP contribution is 2.61. The zero-order valence-corrected chi connectivity index (χ0v) is 12.3. The van der Waals surface area contributed by atoms with Crippen LogP contribution in [0.2, 0.25) is 0 Å². The standard InChI is InChI=1S/C16H29NO2/c1-18-7-8-19-6-2-5-16(12-17-15-3-4-15)10-13-9-14(13)11-16/h13-15,17H,2-12H2,1H3. The van der Waals surface area contributed by atoms with E-state index >= 15 is 0 Å². The van der Waals surface area contributed by atoms with Crippen LogP contribution < -0.4 is 5.32 Å². The number of hydrogen-bond donors (Lipinski definition) is 1. The van der Waals surface area contributed by atoms with Gasteiger partial charge in [0.2, 0.25) is 0 Å². The molecule has 110 valence electrons. The first-order chi connectivity index (χ1) is 9.31. The smallest absolute Gasteiger partial charge is 0.0700 e. The van der Waals surface area contributed by atoms with Gasteiger partial charge in [-0.2, -0.15) is 0 Å². The van der Waals surface area contributed by atoms with Gasteiger partial charge in [-0.3, -0.25) is 0 Å². The average molecular weight is 267 g/mol. The van der Waals surface area contributed by atoms with Gasteiger partial charge in [0.05, 0.1) is 13.2 Å². The van der Waals surface area contributed by atoms with Crippen LogP contribution in [0.4, 0.5) is 0 Å². The largest absolute Gasteiger partial charge is 0.382 e. The molecule has 0 aromatic rings. The molecule has 3 heteroatoms. The molecule has 3 aliphatic rings. The van der Waals surface area contributed by atoms with Gasteiger partial charge in [0.15, 0.2) is 0 Å². The Hall–Kier alpha value is -0.120. The number of nitrogens with one attached hydrogen (secondary N) is 1. The molecule has 0 aliphatic heterocycles. The van der Waals surface area contributed by atoms with E-state index in [1.165, 1.54) is 51.5 Å². The van der Waals surface area contributed by atoms with E-state index < -0.39 is 0 Å². The quantitative estimate of drug-likeness (QED) is 0.617. The summed E-state index contributed by atoms with van der Waals surface area (Å²) in [5, 5.41) is 3.78. The molecule has 0 spiro atoms. The lowest BCUT2D eigenvalue weighted by molar-refractivity contribution is 0.0625.